The summed E-state index contributed by atoms with van der Waals surface area (Å²) in [5.41, 5.74) is 2.13. The molecule has 8 heteroatoms. The first kappa shape index (κ1) is 15.1. The number of fused-ring (bicyclic) bond motifs is 1. The molecule has 1 aliphatic heterocycles. The number of nitrogens with zero attached hydrogens (tertiary/aromatic N) is 7. The number of piperazine rings is 1. The Morgan fingerprint density at radius 3 is 2.50 bits per heavy atom. The molecule has 124 valence electrons. The Morgan fingerprint density at radius 1 is 1.00 bits per heavy atom. The number of anilines is 2. The highest BCUT2D eigenvalue weighted by atomic mass is 35.5. The van der Waals surface area contributed by atoms with E-state index in [0.717, 1.165) is 49.1 Å². The van der Waals surface area contributed by atoms with Crippen LogP contribution in [-0.4, -0.2) is 50.7 Å². The lowest BCUT2D eigenvalue weighted by atomic mass is 10.2. The highest BCUT2D eigenvalue weighted by Gasteiger charge is 2.23. The predicted octanol–water partition coefficient (Wildman–Crippen LogP) is 2.12. The molecule has 24 heavy (non-hydrogen) atoms. The van der Waals surface area contributed by atoms with Gasteiger partial charge in [0.2, 0.25) is 0 Å². The van der Waals surface area contributed by atoms with Gasteiger partial charge in [0.15, 0.2) is 0 Å². The third-order valence-electron chi connectivity index (χ3n) is 4.48. The van der Waals surface area contributed by atoms with Gasteiger partial charge in [-0.2, -0.15) is 14.6 Å². The molecule has 0 spiro atoms. The SMILES string of the molecule is Cc1nc2ncnn2c(N2CCN(c3cccc(Cl)n3)CC2)c1C. The predicted molar refractivity (Wildman–Crippen MR) is 93.9 cm³/mol. The number of aromatic nitrogens is 5. The maximum Gasteiger partial charge on any atom is 0.254 e. The fraction of sp³-hybridized carbons (Fsp3) is 0.375. The lowest BCUT2D eigenvalue weighted by Crippen LogP contribution is -2.47. The summed E-state index contributed by atoms with van der Waals surface area (Å²) in [6.45, 7) is 7.62. The molecule has 1 fully saturated rings. The van der Waals surface area contributed by atoms with Gasteiger partial charge in [0, 0.05) is 37.4 Å². The number of hydrogen-bond donors (Lipinski definition) is 0. The van der Waals surface area contributed by atoms with E-state index >= 15 is 0 Å². The minimum absolute atomic E-state index is 0.528. The summed E-state index contributed by atoms with van der Waals surface area (Å²) >= 11 is 6.01. The van der Waals surface area contributed by atoms with E-state index in [9.17, 15) is 0 Å². The molecule has 0 amide bonds. The number of halogens is 1. The van der Waals surface area contributed by atoms with E-state index in [1.165, 1.54) is 0 Å². The Balaban J connectivity index is 1.60. The Kier molecular flexibility index (Phi) is 3.72. The van der Waals surface area contributed by atoms with Crippen LogP contribution in [0.25, 0.3) is 5.78 Å². The molecular formula is C16H18ClN7. The lowest BCUT2D eigenvalue weighted by Gasteiger charge is -2.37. The molecule has 3 aromatic heterocycles. The van der Waals surface area contributed by atoms with Crippen LogP contribution in [0.15, 0.2) is 24.5 Å². The summed E-state index contributed by atoms with van der Waals surface area (Å²) in [6.07, 6.45) is 1.55. The largest absolute Gasteiger partial charge is 0.353 e. The molecule has 0 radical (unpaired) electrons. The van der Waals surface area contributed by atoms with E-state index in [1.54, 1.807) is 12.4 Å². The third-order valence-corrected chi connectivity index (χ3v) is 4.69. The van der Waals surface area contributed by atoms with E-state index in [0.29, 0.717) is 10.9 Å². The third kappa shape index (κ3) is 2.54. The van der Waals surface area contributed by atoms with Crippen molar-refractivity contribution >= 4 is 29.0 Å². The van der Waals surface area contributed by atoms with Crippen LogP contribution in [-0.2, 0) is 0 Å². The zero-order valence-corrected chi connectivity index (χ0v) is 14.4. The summed E-state index contributed by atoms with van der Waals surface area (Å²) in [4.78, 5) is 17.7. The van der Waals surface area contributed by atoms with Crippen LogP contribution in [0.4, 0.5) is 11.6 Å². The van der Waals surface area contributed by atoms with E-state index in [2.05, 4.69) is 36.8 Å². The number of aryl methyl sites for hydroxylation is 1. The topological polar surface area (TPSA) is 62.5 Å². The summed E-state index contributed by atoms with van der Waals surface area (Å²) in [5, 5.41) is 4.87. The van der Waals surface area contributed by atoms with Gasteiger partial charge in [0.1, 0.15) is 23.1 Å². The maximum atomic E-state index is 6.01. The molecule has 0 saturated carbocycles. The fourth-order valence-corrected chi connectivity index (χ4v) is 3.27. The van der Waals surface area contributed by atoms with E-state index in [4.69, 9.17) is 11.6 Å². The average Bonchev–Trinajstić information content (AvgIpc) is 3.04. The highest BCUT2D eigenvalue weighted by molar-refractivity contribution is 6.29. The summed E-state index contributed by atoms with van der Waals surface area (Å²) in [5.74, 6) is 2.65. The van der Waals surface area contributed by atoms with Crippen molar-refractivity contribution in [2.45, 2.75) is 13.8 Å². The van der Waals surface area contributed by atoms with Gasteiger partial charge in [0.25, 0.3) is 5.78 Å². The fourth-order valence-electron chi connectivity index (χ4n) is 3.11. The summed E-state index contributed by atoms with van der Waals surface area (Å²) < 4.78 is 1.83. The van der Waals surface area contributed by atoms with Crippen molar-refractivity contribution in [3.63, 3.8) is 0 Å². The van der Waals surface area contributed by atoms with Crippen molar-refractivity contribution in [1.82, 2.24) is 24.6 Å². The Morgan fingerprint density at radius 2 is 1.75 bits per heavy atom. The smallest absolute Gasteiger partial charge is 0.254 e. The molecule has 0 aromatic carbocycles. The standard InChI is InChI=1S/C16H18ClN7/c1-11-12(2)20-16-18-10-19-24(16)15(11)23-8-6-22(7-9-23)14-5-3-4-13(17)21-14/h3-5,10H,6-9H2,1-2H3. The van der Waals surface area contributed by atoms with Gasteiger partial charge in [-0.15, -0.1) is 0 Å². The maximum absolute atomic E-state index is 6.01. The second-order valence-electron chi connectivity index (χ2n) is 5.91. The van der Waals surface area contributed by atoms with Crippen LogP contribution in [0.5, 0.6) is 0 Å². The van der Waals surface area contributed by atoms with Crippen LogP contribution in [0, 0.1) is 13.8 Å². The minimum atomic E-state index is 0.528. The highest BCUT2D eigenvalue weighted by Crippen LogP contribution is 2.25. The van der Waals surface area contributed by atoms with Crippen LogP contribution in [0.2, 0.25) is 5.15 Å². The van der Waals surface area contributed by atoms with Crippen molar-refractivity contribution in [1.29, 1.82) is 0 Å². The molecule has 3 aromatic rings. The first-order chi connectivity index (χ1) is 11.6. The minimum Gasteiger partial charge on any atom is -0.353 e. The van der Waals surface area contributed by atoms with Crippen molar-refractivity contribution < 1.29 is 0 Å². The molecule has 4 heterocycles. The Labute approximate surface area is 144 Å². The summed E-state index contributed by atoms with van der Waals surface area (Å²) in [6, 6.07) is 5.73. The molecule has 1 aliphatic rings. The molecular weight excluding hydrogens is 326 g/mol. The van der Waals surface area contributed by atoms with Gasteiger partial charge in [-0.3, -0.25) is 0 Å². The molecule has 0 aliphatic carbocycles. The van der Waals surface area contributed by atoms with Crippen molar-refractivity contribution in [2.24, 2.45) is 0 Å². The number of pyridine rings is 1. The van der Waals surface area contributed by atoms with Gasteiger partial charge in [-0.1, -0.05) is 17.7 Å². The van der Waals surface area contributed by atoms with Crippen molar-refractivity contribution in [3.05, 3.63) is 40.9 Å². The van der Waals surface area contributed by atoms with E-state index in [-0.39, 0.29) is 0 Å². The van der Waals surface area contributed by atoms with Gasteiger partial charge in [-0.25, -0.2) is 9.97 Å². The number of rotatable bonds is 2. The van der Waals surface area contributed by atoms with Crippen molar-refractivity contribution in [2.75, 3.05) is 36.0 Å². The first-order valence-electron chi connectivity index (χ1n) is 7.93. The zero-order valence-electron chi connectivity index (χ0n) is 13.6. The van der Waals surface area contributed by atoms with Gasteiger partial charge < -0.3 is 9.80 Å². The Bertz CT molecular complexity index is 883. The monoisotopic (exact) mass is 343 g/mol. The van der Waals surface area contributed by atoms with Gasteiger partial charge in [0.05, 0.1) is 0 Å². The van der Waals surface area contributed by atoms with Crippen LogP contribution in [0.1, 0.15) is 11.3 Å². The van der Waals surface area contributed by atoms with E-state index in [1.807, 2.05) is 23.6 Å². The molecule has 4 rings (SSSR count). The second-order valence-corrected chi connectivity index (χ2v) is 6.30. The van der Waals surface area contributed by atoms with Crippen LogP contribution < -0.4 is 9.80 Å². The second kappa shape index (κ2) is 5.90. The average molecular weight is 344 g/mol. The van der Waals surface area contributed by atoms with Gasteiger partial charge >= 0.3 is 0 Å². The first-order valence-corrected chi connectivity index (χ1v) is 8.30. The van der Waals surface area contributed by atoms with E-state index < -0.39 is 0 Å². The summed E-state index contributed by atoms with van der Waals surface area (Å²) in [7, 11) is 0. The van der Waals surface area contributed by atoms with Gasteiger partial charge in [-0.05, 0) is 26.0 Å². The zero-order chi connectivity index (χ0) is 16.7. The normalized spacial score (nSPS) is 15.3. The molecule has 7 nitrogen and oxygen atoms in total. The molecule has 0 bridgehead atoms. The van der Waals surface area contributed by atoms with Crippen LogP contribution >= 0.6 is 11.6 Å². The Hall–Kier alpha value is -2.41. The van der Waals surface area contributed by atoms with Crippen LogP contribution in [0.3, 0.4) is 0 Å². The molecule has 0 atom stereocenters. The lowest BCUT2D eigenvalue weighted by molar-refractivity contribution is 0.631. The molecule has 1 saturated heterocycles. The van der Waals surface area contributed by atoms with Crippen molar-refractivity contribution in [3.8, 4) is 0 Å². The number of hydrogen-bond acceptors (Lipinski definition) is 6. The molecule has 0 N–H and O–H groups in total. The molecule has 0 unspecified atom stereocenters. The quantitative estimate of drug-likeness (QED) is 0.664.